The zero-order chi connectivity index (χ0) is 25.1. The number of carbonyl (C=O) groups is 1. The van der Waals surface area contributed by atoms with Crippen LogP contribution in [-0.2, 0) is 0 Å². The molecule has 4 N–H and O–H groups in total. The first-order valence-corrected chi connectivity index (χ1v) is 12.0. The van der Waals surface area contributed by atoms with E-state index < -0.39 is 0 Å². The molecule has 10 heteroatoms. The van der Waals surface area contributed by atoms with E-state index in [9.17, 15) is 15.0 Å². The summed E-state index contributed by atoms with van der Waals surface area (Å²) in [5.74, 6) is 0.684. The van der Waals surface area contributed by atoms with Crippen LogP contribution < -0.4 is 15.5 Å². The molecule has 4 rings (SSSR count). The van der Waals surface area contributed by atoms with Gasteiger partial charge >= 0.3 is 0 Å². The van der Waals surface area contributed by atoms with Gasteiger partial charge in [-0.1, -0.05) is 13.8 Å². The summed E-state index contributed by atoms with van der Waals surface area (Å²) in [7, 11) is 2.05. The van der Waals surface area contributed by atoms with E-state index in [1.807, 2.05) is 40.0 Å². The summed E-state index contributed by atoms with van der Waals surface area (Å²) in [5, 5.41) is 35.5. The van der Waals surface area contributed by atoms with Crippen LogP contribution in [0.25, 0.3) is 17.1 Å². The molecule has 3 heterocycles. The van der Waals surface area contributed by atoms with E-state index in [0.717, 1.165) is 31.7 Å². The summed E-state index contributed by atoms with van der Waals surface area (Å²) >= 11 is 0. The maximum atomic E-state index is 12.8. The minimum atomic E-state index is -0.385. The Labute approximate surface area is 205 Å². The second kappa shape index (κ2) is 10.3. The molecule has 1 saturated heterocycles. The summed E-state index contributed by atoms with van der Waals surface area (Å²) in [4.78, 5) is 19.7. The van der Waals surface area contributed by atoms with Crippen LogP contribution >= 0.6 is 0 Å². The first-order chi connectivity index (χ1) is 16.8. The normalized spacial score (nSPS) is 14.3. The number of nitrogens with zero attached hydrogens (tertiary/aromatic N) is 5. The third-order valence-corrected chi connectivity index (χ3v) is 6.42. The number of hydrogen-bond donors (Lipinski definition) is 4. The third-order valence-electron chi connectivity index (χ3n) is 6.42. The topological polar surface area (TPSA) is 128 Å². The maximum Gasteiger partial charge on any atom is 0.289 e. The van der Waals surface area contributed by atoms with Crippen molar-refractivity contribution < 1.29 is 15.0 Å². The number of phenolic OH excluding ortho intramolecular Hbond substituents is 2. The molecule has 2 aromatic heterocycles. The van der Waals surface area contributed by atoms with Crippen molar-refractivity contribution in [3.05, 3.63) is 41.9 Å². The molecular weight excluding hydrogens is 446 g/mol. The molecule has 35 heavy (non-hydrogen) atoms. The standard InChI is InChI=1S/C25H33N7O3/c1-5-27-25(35)24-30-29-23(19-12-18(15(2)3)20(33)13-21(19)34)32(24)17-6-7-22(28-14-17)31(4)16-8-10-26-11-9-16/h6-7,12-16,26,33-34H,5,8-11H2,1-4H3,(H,27,35). The first kappa shape index (κ1) is 24.5. The van der Waals surface area contributed by atoms with Crippen molar-refractivity contribution in [1.29, 1.82) is 0 Å². The number of anilines is 1. The van der Waals surface area contributed by atoms with Crippen LogP contribution in [0, 0.1) is 0 Å². The van der Waals surface area contributed by atoms with E-state index in [-0.39, 0.29) is 35.0 Å². The Morgan fingerprint density at radius 3 is 2.57 bits per heavy atom. The monoisotopic (exact) mass is 479 g/mol. The molecule has 0 aliphatic carbocycles. The van der Waals surface area contributed by atoms with E-state index in [1.165, 1.54) is 6.07 Å². The smallest absolute Gasteiger partial charge is 0.289 e. The Bertz CT molecular complexity index is 1180. The molecule has 186 valence electrons. The fourth-order valence-electron chi connectivity index (χ4n) is 4.43. The molecule has 3 aromatic rings. The lowest BCUT2D eigenvalue weighted by atomic mass is 9.98. The average molecular weight is 480 g/mol. The number of aromatic hydroxyl groups is 2. The van der Waals surface area contributed by atoms with Gasteiger partial charge in [-0.15, -0.1) is 10.2 Å². The zero-order valence-electron chi connectivity index (χ0n) is 20.6. The highest BCUT2D eigenvalue weighted by Crippen LogP contribution is 2.38. The highest BCUT2D eigenvalue weighted by Gasteiger charge is 2.25. The van der Waals surface area contributed by atoms with Crippen molar-refractivity contribution in [2.45, 2.75) is 45.6 Å². The Morgan fingerprint density at radius 2 is 1.94 bits per heavy atom. The van der Waals surface area contributed by atoms with Crippen molar-refractivity contribution in [2.75, 3.05) is 31.6 Å². The van der Waals surface area contributed by atoms with Crippen LogP contribution in [-0.4, -0.2) is 68.6 Å². The largest absolute Gasteiger partial charge is 0.508 e. The van der Waals surface area contributed by atoms with E-state index >= 15 is 0 Å². The van der Waals surface area contributed by atoms with E-state index in [1.54, 1.807) is 16.8 Å². The average Bonchev–Trinajstić information content (AvgIpc) is 3.29. The van der Waals surface area contributed by atoms with Gasteiger partial charge in [-0.2, -0.15) is 0 Å². The van der Waals surface area contributed by atoms with Gasteiger partial charge in [-0.05, 0) is 62.5 Å². The molecule has 1 aliphatic rings. The summed E-state index contributed by atoms with van der Waals surface area (Å²) in [6, 6.07) is 7.18. The Morgan fingerprint density at radius 1 is 1.20 bits per heavy atom. The summed E-state index contributed by atoms with van der Waals surface area (Å²) in [6.07, 6.45) is 3.79. The number of piperidine rings is 1. The number of pyridine rings is 1. The van der Waals surface area contributed by atoms with Gasteiger partial charge in [0, 0.05) is 25.7 Å². The maximum absolute atomic E-state index is 12.8. The van der Waals surface area contributed by atoms with Crippen molar-refractivity contribution >= 4 is 11.7 Å². The molecule has 0 unspecified atom stereocenters. The molecule has 1 amide bonds. The molecule has 0 bridgehead atoms. The zero-order valence-corrected chi connectivity index (χ0v) is 20.6. The van der Waals surface area contributed by atoms with E-state index in [2.05, 4.69) is 30.7 Å². The second-order valence-corrected chi connectivity index (χ2v) is 9.09. The second-order valence-electron chi connectivity index (χ2n) is 9.09. The highest BCUT2D eigenvalue weighted by molar-refractivity contribution is 5.92. The quantitative estimate of drug-likeness (QED) is 0.407. The number of hydrogen-bond acceptors (Lipinski definition) is 8. The number of rotatable bonds is 7. The summed E-state index contributed by atoms with van der Waals surface area (Å²) in [6.45, 7) is 8.13. The van der Waals surface area contributed by atoms with Gasteiger partial charge in [0.2, 0.25) is 5.82 Å². The number of benzene rings is 1. The molecular formula is C25H33N7O3. The molecule has 0 spiro atoms. The van der Waals surface area contributed by atoms with Crippen LogP contribution in [0.2, 0.25) is 0 Å². The van der Waals surface area contributed by atoms with Gasteiger partial charge in [-0.25, -0.2) is 4.98 Å². The van der Waals surface area contributed by atoms with Crippen LogP contribution in [0.4, 0.5) is 5.82 Å². The summed E-state index contributed by atoms with van der Waals surface area (Å²) in [5.41, 5.74) is 1.61. The van der Waals surface area contributed by atoms with Crippen molar-refractivity contribution in [2.24, 2.45) is 0 Å². The fraction of sp³-hybridized carbons (Fsp3) is 0.440. The molecule has 10 nitrogen and oxygen atoms in total. The molecule has 0 saturated carbocycles. The van der Waals surface area contributed by atoms with Gasteiger partial charge in [0.25, 0.3) is 5.91 Å². The van der Waals surface area contributed by atoms with Crippen LogP contribution in [0.5, 0.6) is 11.5 Å². The number of phenols is 2. The van der Waals surface area contributed by atoms with Crippen molar-refractivity contribution in [1.82, 2.24) is 30.4 Å². The van der Waals surface area contributed by atoms with Gasteiger partial charge in [0.15, 0.2) is 5.82 Å². The Hall–Kier alpha value is -3.66. The Kier molecular flexibility index (Phi) is 7.20. The predicted octanol–water partition coefficient (Wildman–Crippen LogP) is 2.80. The fourth-order valence-corrected chi connectivity index (χ4v) is 4.43. The lowest BCUT2D eigenvalue weighted by molar-refractivity contribution is 0.0943. The van der Waals surface area contributed by atoms with Crippen molar-refractivity contribution in [3.63, 3.8) is 0 Å². The first-order valence-electron chi connectivity index (χ1n) is 12.0. The summed E-state index contributed by atoms with van der Waals surface area (Å²) < 4.78 is 1.59. The van der Waals surface area contributed by atoms with Gasteiger partial charge in [0.05, 0.1) is 17.4 Å². The minimum absolute atomic E-state index is 0.00299. The Balaban J connectivity index is 1.79. The van der Waals surface area contributed by atoms with Gasteiger partial charge in [-0.3, -0.25) is 9.36 Å². The number of aromatic nitrogens is 4. The van der Waals surface area contributed by atoms with Crippen LogP contribution in [0.1, 0.15) is 55.7 Å². The molecule has 1 aromatic carbocycles. The molecule has 0 radical (unpaired) electrons. The van der Waals surface area contributed by atoms with Gasteiger partial charge < -0.3 is 25.7 Å². The van der Waals surface area contributed by atoms with Crippen molar-refractivity contribution in [3.8, 4) is 28.6 Å². The predicted molar refractivity (Wildman–Crippen MR) is 134 cm³/mol. The van der Waals surface area contributed by atoms with Crippen LogP contribution in [0.3, 0.4) is 0 Å². The lowest BCUT2D eigenvalue weighted by Gasteiger charge is -2.32. The number of nitrogens with one attached hydrogen (secondary N) is 2. The van der Waals surface area contributed by atoms with E-state index in [0.29, 0.717) is 29.4 Å². The molecule has 1 fully saturated rings. The number of amides is 1. The number of carbonyl (C=O) groups excluding carboxylic acids is 1. The van der Waals surface area contributed by atoms with Gasteiger partial charge in [0.1, 0.15) is 17.3 Å². The highest BCUT2D eigenvalue weighted by atomic mass is 16.3. The lowest BCUT2D eigenvalue weighted by Crippen LogP contribution is -2.41. The minimum Gasteiger partial charge on any atom is -0.508 e. The van der Waals surface area contributed by atoms with E-state index in [4.69, 9.17) is 0 Å². The molecule has 1 aliphatic heterocycles. The third kappa shape index (κ3) is 4.93. The molecule has 0 atom stereocenters. The van der Waals surface area contributed by atoms with Crippen LogP contribution in [0.15, 0.2) is 30.5 Å². The SMILES string of the molecule is CCNC(=O)c1nnc(-c2cc(C(C)C)c(O)cc2O)n1-c1ccc(N(C)C2CCNCC2)nc1.